The van der Waals surface area contributed by atoms with Gasteiger partial charge in [-0.1, -0.05) is 23.7 Å². The van der Waals surface area contributed by atoms with Gasteiger partial charge in [0.05, 0.1) is 0 Å². The Kier molecular flexibility index (Phi) is 5.06. The Morgan fingerprint density at radius 2 is 2.09 bits per heavy atom. The summed E-state index contributed by atoms with van der Waals surface area (Å²) in [4.78, 5) is 27.1. The third kappa shape index (κ3) is 4.26. The standard InChI is InChI=1S/C15H12ClFN2O3/c16-13-5-4-9(8-18-13)6-12(15(21)22)19-14(20)10-2-1-3-11(17)7-10/h1-5,7-8,12H,6H2,(H,19,20)(H,21,22)/t12-/m0/s1. The zero-order valence-electron chi connectivity index (χ0n) is 11.3. The van der Waals surface area contributed by atoms with Crippen LogP contribution >= 0.6 is 11.6 Å². The Balaban J connectivity index is 2.10. The molecule has 0 radical (unpaired) electrons. The number of hydrogen-bond donors (Lipinski definition) is 2. The lowest BCUT2D eigenvalue weighted by Gasteiger charge is -2.14. The summed E-state index contributed by atoms with van der Waals surface area (Å²) < 4.78 is 13.1. The molecule has 1 aromatic carbocycles. The fourth-order valence-corrected chi connectivity index (χ4v) is 1.95. The number of carboxylic acids is 1. The van der Waals surface area contributed by atoms with Gasteiger partial charge in [-0.25, -0.2) is 14.2 Å². The first-order chi connectivity index (χ1) is 10.5. The van der Waals surface area contributed by atoms with E-state index in [2.05, 4.69) is 10.3 Å². The van der Waals surface area contributed by atoms with Crippen LogP contribution in [0.1, 0.15) is 15.9 Å². The van der Waals surface area contributed by atoms with Crippen LogP contribution in [-0.2, 0) is 11.2 Å². The monoisotopic (exact) mass is 322 g/mol. The number of nitrogens with one attached hydrogen (secondary N) is 1. The number of amides is 1. The van der Waals surface area contributed by atoms with Gasteiger partial charge in [-0.3, -0.25) is 4.79 Å². The predicted octanol–water partition coefficient (Wildman–Crippen LogP) is 2.30. The second-order valence-electron chi connectivity index (χ2n) is 4.57. The molecule has 1 heterocycles. The number of aliphatic carboxylic acids is 1. The van der Waals surface area contributed by atoms with Crippen LogP contribution in [-0.4, -0.2) is 28.0 Å². The molecular formula is C15H12ClFN2O3. The van der Waals surface area contributed by atoms with E-state index in [1.807, 2.05) is 0 Å². The van der Waals surface area contributed by atoms with Crippen LogP contribution in [0.4, 0.5) is 4.39 Å². The maximum absolute atomic E-state index is 13.1. The summed E-state index contributed by atoms with van der Waals surface area (Å²) in [6, 6.07) is 7.02. The van der Waals surface area contributed by atoms with E-state index in [0.29, 0.717) is 10.7 Å². The van der Waals surface area contributed by atoms with Crippen molar-refractivity contribution < 1.29 is 19.1 Å². The summed E-state index contributed by atoms with van der Waals surface area (Å²) >= 11 is 5.66. The number of hydrogen-bond acceptors (Lipinski definition) is 3. The van der Waals surface area contributed by atoms with Crippen LogP contribution < -0.4 is 5.32 Å². The van der Waals surface area contributed by atoms with E-state index < -0.39 is 23.7 Å². The Bertz CT molecular complexity index is 691. The molecule has 0 saturated carbocycles. The van der Waals surface area contributed by atoms with Crippen LogP contribution in [0.3, 0.4) is 0 Å². The van der Waals surface area contributed by atoms with Gasteiger partial charge < -0.3 is 10.4 Å². The molecule has 0 aliphatic carbocycles. The van der Waals surface area contributed by atoms with Crippen molar-refractivity contribution in [1.29, 1.82) is 0 Å². The minimum atomic E-state index is -1.19. The number of pyridine rings is 1. The van der Waals surface area contributed by atoms with Crippen molar-refractivity contribution in [2.75, 3.05) is 0 Å². The third-order valence-electron chi connectivity index (χ3n) is 2.92. The topological polar surface area (TPSA) is 79.3 Å². The largest absolute Gasteiger partial charge is 0.480 e. The van der Waals surface area contributed by atoms with E-state index >= 15 is 0 Å². The number of nitrogens with zero attached hydrogens (tertiary/aromatic N) is 1. The molecule has 5 nitrogen and oxygen atoms in total. The Morgan fingerprint density at radius 1 is 1.32 bits per heavy atom. The highest BCUT2D eigenvalue weighted by atomic mass is 35.5. The van der Waals surface area contributed by atoms with Crippen molar-refractivity contribution in [3.63, 3.8) is 0 Å². The molecule has 114 valence electrons. The summed E-state index contributed by atoms with van der Waals surface area (Å²) in [6.45, 7) is 0. The molecule has 0 fully saturated rings. The fraction of sp³-hybridized carbons (Fsp3) is 0.133. The number of carbonyl (C=O) groups excluding carboxylic acids is 1. The summed E-state index contributed by atoms with van der Waals surface area (Å²) in [6.07, 6.45) is 1.48. The average molecular weight is 323 g/mol. The van der Waals surface area contributed by atoms with Crippen molar-refractivity contribution in [2.45, 2.75) is 12.5 Å². The molecule has 2 aromatic rings. The van der Waals surface area contributed by atoms with E-state index in [-0.39, 0.29) is 12.0 Å². The van der Waals surface area contributed by atoms with Crippen LogP contribution in [0.25, 0.3) is 0 Å². The fourth-order valence-electron chi connectivity index (χ4n) is 1.83. The molecule has 1 aromatic heterocycles. The molecule has 0 saturated heterocycles. The molecule has 0 spiro atoms. The second kappa shape index (κ2) is 7.00. The zero-order valence-corrected chi connectivity index (χ0v) is 12.0. The first kappa shape index (κ1) is 15.9. The van der Waals surface area contributed by atoms with Crippen LogP contribution in [0, 0.1) is 5.82 Å². The van der Waals surface area contributed by atoms with Crippen molar-refractivity contribution in [3.8, 4) is 0 Å². The lowest BCUT2D eigenvalue weighted by atomic mass is 10.1. The van der Waals surface area contributed by atoms with Gasteiger partial charge in [0.25, 0.3) is 5.91 Å². The van der Waals surface area contributed by atoms with E-state index in [0.717, 1.165) is 6.07 Å². The number of carboxylic acid groups (broad SMARTS) is 1. The molecule has 0 unspecified atom stereocenters. The van der Waals surface area contributed by atoms with Gasteiger partial charge in [0.2, 0.25) is 0 Å². The molecule has 7 heteroatoms. The number of rotatable bonds is 5. The van der Waals surface area contributed by atoms with Gasteiger partial charge in [-0.2, -0.15) is 0 Å². The highest BCUT2D eigenvalue weighted by molar-refractivity contribution is 6.29. The van der Waals surface area contributed by atoms with Crippen molar-refractivity contribution in [1.82, 2.24) is 10.3 Å². The molecule has 2 rings (SSSR count). The molecular weight excluding hydrogens is 311 g/mol. The first-order valence-corrected chi connectivity index (χ1v) is 6.73. The summed E-state index contributed by atoms with van der Waals surface area (Å²) in [5.74, 6) is -2.42. The van der Waals surface area contributed by atoms with E-state index in [9.17, 15) is 19.1 Å². The number of carbonyl (C=O) groups is 2. The van der Waals surface area contributed by atoms with Crippen molar-refractivity contribution in [2.24, 2.45) is 0 Å². The normalized spacial score (nSPS) is 11.7. The Hall–Kier alpha value is -2.47. The average Bonchev–Trinajstić information content (AvgIpc) is 2.48. The Labute approximate surface area is 130 Å². The van der Waals surface area contributed by atoms with E-state index in [1.165, 1.54) is 30.5 Å². The summed E-state index contributed by atoms with van der Waals surface area (Å²) in [7, 11) is 0. The SMILES string of the molecule is O=C(N[C@@H](Cc1ccc(Cl)nc1)C(=O)O)c1cccc(F)c1. The van der Waals surface area contributed by atoms with Gasteiger partial charge in [-0.15, -0.1) is 0 Å². The number of aromatic nitrogens is 1. The minimum Gasteiger partial charge on any atom is -0.480 e. The lowest BCUT2D eigenvalue weighted by Crippen LogP contribution is -2.42. The predicted molar refractivity (Wildman–Crippen MR) is 78.2 cm³/mol. The van der Waals surface area contributed by atoms with Gasteiger partial charge in [0, 0.05) is 18.2 Å². The summed E-state index contributed by atoms with van der Waals surface area (Å²) in [5.41, 5.74) is 0.664. The zero-order chi connectivity index (χ0) is 16.1. The van der Waals surface area contributed by atoms with Gasteiger partial charge >= 0.3 is 5.97 Å². The third-order valence-corrected chi connectivity index (χ3v) is 3.14. The first-order valence-electron chi connectivity index (χ1n) is 6.35. The molecule has 1 atom stereocenters. The highest BCUT2D eigenvalue weighted by Gasteiger charge is 2.21. The molecule has 0 bridgehead atoms. The van der Waals surface area contributed by atoms with E-state index in [4.69, 9.17) is 11.6 Å². The van der Waals surface area contributed by atoms with Crippen molar-refractivity contribution >= 4 is 23.5 Å². The maximum atomic E-state index is 13.1. The van der Waals surface area contributed by atoms with Crippen LogP contribution in [0.15, 0.2) is 42.6 Å². The quantitative estimate of drug-likeness (QED) is 0.828. The van der Waals surface area contributed by atoms with Gasteiger partial charge in [0.1, 0.15) is 17.0 Å². The molecule has 0 aliphatic rings. The molecule has 1 amide bonds. The molecule has 0 aliphatic heterocycles. The number of halogens is 2. The minimum absolute atomic E-state index is 0.0422. The summed E-state index contributed by atoms with van der Waals surface area (Å²) in [5, 5.41) is 11.9. The smallest absolute Gasteiger partial charge is 0.326 e. The number of benzene rings is 1. The second-order valence-corrected chi connectivity index (χ2v) is 4.96. The van der Waals surface area contributed by atoms with Crippen molar-refractivity contribution in [3.05, 3.63) is 64.7 Å². The molecule has 22 heavy (non-hydrogen) atoms. The van der Waals surface area contributed by atoms with Gasteiger partial charge in [0.15, 0.2) is 0 Å². The molecule has 2 N–H and O–H groups in total. The van der Waals surface area contributed by atoms with Crippen LogP contribution in [0.2, 0.25) is 5.15 Å². The lowest BCUT2D eigenvalue weighted by molar-refractivity contribution is -0.139. The van der Waals surface area contributed by atoms with Crippen LogP contribution in [0.5, 0.6) is 0 Å². The maximum Gasteiger partial charge on any atom is 0.326 e. The van der Waals surface area contributed by atoms with E-state index in [1.54, 1.807) is 6.07 Å². The highest BCUT2D eigenvalue weighted by Crippen LogP contribution is 2.09. The Morgan fingerprint density at radius 3 is 2.68 bits per heavy atom. The van der Waals surface area contributed by atoms with Gasteiger partial charge in [-0.05, 0) is 29.8 Å².